The molecule has 0 bridgehead atoms. The van der Waals surface area contributed by atoms with Crippen molar-refractivity contribution in [3.05, 3.63) is 56.5 Å². The molecule has 0 aliphatic heterocycles. The van der Waals surface area contributed by atoms with Crippen molar-refractivity contribution in [2.45, 2.75) is 74.8 Å². The van der Waals surface area contributed by atoms with Crippen molar-refractivity contribution >= 4 is 23.1 Å². The number of esters is 1. The van der Waals surface area contributed by atoms with Gasteiger partial charge in [-0.05, 0) is 68.2 Å². The predicted molar refractivity (Wildman–Crippen MR) is 136 cm³/mol. The fraction of sp³-hybridized carbons (Fsp3) is 0.571. The van der Waals surface area contributed by atoms with Crippen molar-refractivity contribution in [3.63, 3.8) is 0 Å². The first-order valence-electron chi connectivity index (χ1n) is 11.7. The van der Waals surface area contributed by atoms with E-state index in [1.165, 1.54) is 11.3 Å². The van der Waals surface area contributed by atoms with Gasteiger partial charge in [-0.3, -0.25) is 4.79 Å². The number of hydrogen-bond donors (Lipinski definition) is 0. The molecule has 1 aliphatic rings. The lowest BCUT2D eigenvalue weighted by Gasteiger charge is -2.44. The predicted octanol–water partition coefficient (Wildman–Crippen LogP) is 7.30. The van der Waals surface area contributed by atoms with Crippen LogP contribution in [0.1, 0.15) is 77.5 Å². The zero-order chi connectivity index (χ0) is 25.3. The molecule has 0 radical (unpaired) electrons. The topological polar surface area (TPSA) is 52.6 Å². The van der Waals surface area contributed by atoms with Crippen LogP contribution in [0.15, 0.2) is 46.1 Å². The maximum atomic E-state index is 13.5. The van der Waals surface area contributed by atoms with Crippen LogP contribution in [0.5, 0.6) is 0 Å². The number of allylic oxidation sites excluding steroid dienone is 3. The van der Waals surface area contributed by atoms with E-state index in [0.29, 0.717) is 5.57 Å². The highest BCUT2D eigenvalue weighted by Crippen LogP contribution is 2.52. The molecule has 0 spiro atoms. The lowest BCUT2D eigenvalue weighted by molar-refractivity contribution is -0.150. The molecular weight excluding hydrogens is 432 g/mol. The molecule has 1 aromatic rings. The number of rotatable bonds is 7. The van der Waals surface area contributed by atoms with Gasteiger partial charge in [-0.1, -0.05) is 47.6 Å². The summed E-state index contributed by atoms with van der Waals surface area (Å²) in [5, 5.41) is 1.98. The Morgan fingerprint density at radius 1 is 1.12 bits per heavy atom. The van der Waals surface area contributed by atoms with Gasteiger partial charge < -0.3 is 9.47 Å². The molecule has 4 nitrogen and oxygen atoms in total. The third-order valence-corrected chi connectivity index (χ3v) is 7.01. The second kappa shape index (κ2) is 10.0. The number of thiophene rings is 1. The molecule has 0 saturated carbocycles. The maximum absolute atomic E-state index is 13.5. The van der Waals surface area contributed by atoms with Crippen molar-refractivity contribution in [2.24, 2.45) is 23.2 Å². The Morgan fingerprint density at radius 2 is 1.73 bits per heavy atom. The number of carbonyl (C=O) groups excluding carboxylic acids is 2. The minimum absolute atomic E-state index is 0.0153. The number of aryl methyl sites for hydroxylation is 1. The Kier molecular flexibility index (Phi) is 8.22. The van der Waals surface area contributed by atoms with Gasteiger partial charge in [0, 0.05) is 16.9 Å². The molecule has 0 N–H and O–H groups in total. The molecule has 1 atom stereocenters. The van der Waals surface area contributed by atoms with E-state index in [4.69, 9.17) is 9.47 Å². The second-order valence-corrected chi connectivity index (χ2v) is 11.9. The van der Waals surface area contributed by atoms with Gasteiger partial charge in [-0.25, -0.2) is 4.79 Å². The van der Waals surface area contributed by atoms with Crippen molar-refractivity contribution < 1.29 is 19.1 Å². The smallest absolute Gasteiger partial charge is 0.339 e. The molecule has 0 saturated heterocycles. The van der Waals surface area contributed by atoms with Crippen LogP contribution in [0.4, 0.5) is 0 Å². The summed E-state index contributed by atoms with van der Waals surface area (Å²) in [6, 6.07) is 1.91. The van der Waals surface area contributed by atoms with E-state index in [1.54, 1.807) is 13.2 Å². The molecular formula is C28H40O4S. The summed E-state index contributed by atoms with van der Waals surface area (Å²) in [5.74, 6) is 0.365. The molecule has 1 heterocycles. The molecule has 0 fully saturated rings. The Bertz CT molecular complexity index is 993. The van der Waals surface area contributed by atoms with Gasteiger partial charge in [0.1, 0.15) is 11.4 Å². The zero-order valence-electron chi connectivity index (χ0n) is 22.1. The third kappa shape index (κ3) is 5.87. The molecule has 0 amide bonds. The molecule has 33 heavy (non-hydrogen) atoms. The molecule has 2 rings (SSSR count). The van der Waals surface area contributed by atoms with E-state index in [1.807, 2.05) is 45.2 Å². The molecule has 0 aromatic carbocycles. The molecule has 1 aromatic heterocycles. The van der Waals surface area contributed by atoms with Gasteiger partial charge in [0.15, 0.2) is 5.78 Å². The van der Waals surface area contributed by atoms with Crippen LogP contribution < -0.4 is 0 Å². The van der Waals surface area contributed by atoms with Gasteiger partial charge in [-0.2, -0.15) is 0 Å². The van der Waals surface area contributed by atoms with E-state index >= 15 is 0 Å². The Labute approximate surface area is 203 Å². The number of ketones is 1. The number of hydrogen-bond acceptors (Lipinski definition) is 5. The van der Waals surface area contributed by atoms with Crippen LogP contribution in [-0.4, -0.2) is 24.5 Å². The van der Waals surface area contributed by atoms with Crippen LogP contribution in [0, 0.1) is 30.1 Å². The van der Waals surface area contributed by atoms with E-state index in [2.05, 4.69) is 41.5 Å². The Balaban J connectivity index is 2.71. The van der Waals surface area contributed by atoms with Gasteiger partial charge >= 0.3 is 5.97 Å². The van der Waals surface area contributed by atoms with Crippen LogP contribution in [0.3, 0.4) is 0 Å². The third-order valence-electron chi connectivity index (χ3n) is 5.95. The average Bonchev–Trinajstić information content (AvgIpc) is 3.09. The van der Waals surface area contributed by atoms with Crippen LogP contribution in [0.25, 0.3) is 0 Å². The Morgan fingerprint density at radius 3 is 2.15 bits per heavy atom. The average molecular weight is 473 g/mol. The van der Waals surface area contributed by atoms with Crippen LogP contribution in [-0.2, 0) is 14.3 Å². The zero-order valence-corrected chi connectivity index (χ0v) is 22.9. The first-order chi connectivity index (χ1) is 15.1. The monoisotopic (exact) mass is 472 g/mol. The van der Waals surface area contributed by atoms with Gasteiger partial charge in [-0.15, -0.1) is 11.3 Å². The number of methoxy groups -OCH3 is 1. The summed E-state index contributed by atoms with van der Waals surface area (Å²) >= 11 is 1.46. The van der Waals surface area contributed by atoms with Gasteiger partial charge in [0.05, 0.1) is 17.6 Å². The molecule has 182 valence electrons. The van der Waals surface area contributed by atoms with Crippen molar-refractivity contribution in [1.82, 2.24) is 0 Å². The van der Waals surface area contributed by atoms with E-state index < -0.39 is 11.0 Å². The summed E-state index contributed by atoms with van der Waals surface area (Å²) in [4.78, 5) is 27.1. The summed E-state index contributed by atoms with van der Waals surface area (Å²) in [5.41, 5.74) is 2.56. The summed E-state index contributed by atoms with van der Waals surface area (Å²) in [6.45, 7) is 20.2. The summed E-state index contributed by atoms with van der Waals surface area (Å²) in [7, 11) is 1.65. The van der Waals surface area contributed by atoms with Gasteiger partial charge in [0.2, 0.25) is 0 Å². The number of ether oxygens (including phenoxy) is 2. The van der Waals surface area contributed by atoms with E-state index in [-0.39, 0.29) is 29.5 Å². The quantitative estimate of drug-likeness (QED) is 0.237. The van der Waals surface area contributed by atoms with Crippen LogP contribution >= 0.6 is 11.3 Å². The standard InChI is InChI=1S/C28H40O4S/c1-16(2)22-23(26(30)32-27(6,7)8)24(17(3)4)28(9,10)19(25(22)31-11)12-13-20(29)21-14-18(5)15-33-21/h12-17,19H,1-11H3. The summed E-state index contributed by atoms with van der Waals surface area (Å²) < 4.78 is 11.8. The molecule has 5 heteroatoms. The minimum Gasteiger partial charge on any atom is -0.500 e. The van der Waals surface area contributed by atoms with E-state index in [0.717, 1.165) is 27.3 Å². The lowest BCUT2D eigenvalue weighted by atomic mass is 9.61. The minimum atomic E-state index is -0.604. The van der Waals surface area contributed by atoms with E-state index in [9.17, 15) is 9.59 Å². The first-order valence-corrected chi connectivity index (χ1v) is 12.5. The maximum Gasteiger partial charge on any atom is 0.339 e. The van der Waals surface area contributed by atoms with Crippen LogP contribution in [0.2, 0.25) is 0 Å². The van der Waals surface area contributed by atoms with Crippen molar-refractivity contribution in [2.75, 3.05) is 7.11 Å². The lowest BCUT2D eigenvalue weighted by Crippen LogP contribution is -2.39. The molecule has 1 unspecified atom stereocenters. The highest BCUT2D eigenvalue weighted by Gasteiger charge is 2.46. The normalized spacial score (nSPS) is 19.1. The van der Waals surface area contributed by atoms with Crippen molar-refractivity contribution in [3.8, 4) is 0 Å². The first kappa shape index (κ1) is 27.1. The summed E-state index contributed by atoms with van der Waals surface area (Å²) in [6.07, 6.45) is 3.61. The SMILES string of the molecule is COC1=C(C(C)C)C(C(=O)OC(C)(C)C)=C(C(C)C)C(C)(C)C1C=CC(=O)c1cc(C)cs1. The Hall–Kier alpha value is -2.14. The molecule has 1 aliphatic carbocycles. The highest BCUT2D eigenvalue weighted by molar-refractivity contribution is 7.12. The largest absolute Gasteiger partial charge is 0.500 e. The van der Waals surface area contributed by atoms with Gasteiger partial charge in [0.25, 0.3) is 0 Å². The fourth-order valence-corrected chi connectivity index (χ4v) is 5.62. The highest BCUT2D eigenvalue weighted by atomic mass is 32.1. The van der Waals surface area contributed by atoms with Crippen molar-refractivity contribution in [1.29, 1.82) is 0 Å². The second-order valence-electron chi connectivity index (χ2n) is 11.0. The fourth-order valence-electron chi connectivity index (χ4n) is 4.80. The number of carbonyl (C=O) groups is 2.